The van der Waals surface area contributed by atoms with Gasteiger partial charge in [0.25, 0.3) is 0 Å². The predicted octanol–water partition coefficient (Wildman–Crippen LogP) is 3.54. The zero-order valence-electron chi connectivity index (χ0n) is 11.2. The van der Waals surface area contributed by atoms with E-state index in [1.54, 1.807) is 0 Å². The van der Waals surface area contributed by atoms with Crippen LogP contribution in [0.2, 0.25) is 5.02 Å². The lowest BCUT2D eigenvalue weighted by molar-refractivity contribution is 0.477. The standard InChI is InChI=1S/C12H17BrClFN2O2S/c1-3-7(4-2)6-17-20(18,19)9-5-8(14)10(13)12(16)11(9)15/h5,7,17H,3-4,6,16H2,1-2H3. The fourth-order valence-electron chi connectivity index (χ4n) is 1.68. The van der Waals surface area contributed by atoms with Gasteiger partial charge in [-0.15, -0.1) is 0 Å². The number of halogens is 3. The topological polar surface area (TPSA) is 72.2 Å². The Hall–Kier alpha value is -0.370. The van der Waals surface area contributed by atoms with Gasteiger partial charge in [-0.05, 0) is 27.9 Å². The molecular formula is C12H17BrClFN2O2S. The Labute approximate surface area is 132 Å². The van der Waals surface area contributed by atoms with Crippen molar-refractivity contribution in [3.8, 4) is 0 Å². The number of nitrogens with one attached hydrogen (secondary N) is 1. The van der Waals surface area contributed by atoms with Gasteiger partial charge in [0.1, 0.15) is 4.90 Å². The van der Waals surface area contributed by atoms with Gasteiger partial charge in [0.05, 0.1) is 15.2 Å². The van der Waals surface area contributed by atoms with Crippen LogP contribution in [0, 0.1) is 11.7 Å². The van der Waals surface area contributed by atoms with E-state index in [1.165, 1.54) is 0 Å². The van der Waals surface area contributed by atoms with Crippen molar-refractivity contribution in [2.45, 2.75) is 31.6 Å². The Bertz CT molecular complexity index is 592. The summed E-state index contributed by atoms with van der Waals surface area (Å²) in [6, 6.07) is 1.05. The molecule has 0 spiro atoms. The number of nitrogen functional groups attached to an aromatic ring is 1. The first kappa shape index (κ1) is 17.7. The van der Waals surface area contributed by atoms with E-state index in [9.17, 15) is 12.8 Å². The number of benzene rings is 1. The average Bonchev–Trinajstić information content (AvgIpc) is 2.41. The maximum Gasteiger partial charge on any atom is 0.243 e. The van der Waals surface area contributed by atoms with Crippen LogP contribution in [-0.2, 0) is 10.0 Å². The van der Waals surface area contributed by atoms with Gasteiger partial charge in [0, 0.05) is 6.54 Å². The fourth-order valence-corrected chi connectivity index (χ4v) is 3.47. The highest BCUT2D eigenvalue weighted by Gasteiger charge is 2.24. The highest BCUT2D eigenvalue weighted by Crippen LogP contribution is 2.34. The molecule has 1 rings (SSSR count). The molecular weight excluding hydrogens is 371 g/mol. The molecule has 3 N–H and O–H groups in total. The Morgan fingerprint density at radius 2 is 2.00 bits per heavy atom. The van der Waals surface area contributed by atoms with Crippen LogP contribution in [0.15, 0.2) is 15.4 Å². The molecule has 0 aromatic heterocycles. The second-order valence-electron chi connectivity index (χ2n) is 4.43. The first-order valence-electron chi connectivity index (χ1n) is 6.17. The van der Waals surface area contributed by atoms with E-state index in [0.29, 0.717) is 0 Å². The van der Waals surface area contributed by atoms with Gasteiger partial charge < -0.3 is 5.73 Å². The Morgan fingerprint density at radius 3 is 2.50 bits per heavy atom. The normalized spacial score (nSPS) is 12.1. The van der Waals surface area contributed by atoms with Crippen LogP contribution in [0.5, 0.6) is 0 Å². The van der Waals surface area contributed by atoms with Crippen LogP contribution in [0.1, 0.15) is 26.7 Å². The first-order valence-corrected chi connectivity index (χ1v) is 8.82. The molecule has 0 fully saturated rings. The molecule has 4 nitrogen and oxygen atoms in total. The number of rotatable bonds is 6. The summed E-state index contributed by atoms with van der Waals surface area (Å²) in [6.07, 6.45) is 1.68. The summed E-state index contributed by atoms with van der Waals surface area (Å²) in [7, 11) is -3.98. The van der Waals surface area contributed by atoms with Gasteiger partial charge in [0.15, 0.2) is 5.82 Å². The molecule has 0 amide bonds. The highest BCUT2D eigenvalue weighted by atomic mass is 79.9. The second kappa shape index (κ2) is 7.06. The van der Waals surface area contributed by atoms with Crippen molar-refractivity contribution in [2.75, 3.05) is 12.3 Å². The minimum Gasteiger partial charge on any atom is -0.395 e. The maximum absolute atomic E-state index is 14.0. The molecule has 0 aliphatic rings. The van der Waals surface area contributed by atoms with Crippen LogP contribution in [0.25, 0.3) is 0 Å². The number of hydrogen-bond acceptors (Lipinski definition) is 3. The molecule has 0 bridgehead atoms. The number of nitrogens with two attached hydrogens (primary N) is 1. The van der Waals surface area contributed by atoms with Crippen LogP contribution in [-0.4, -0.2) is 15.0 Å². The van der Waals surface area contributed by atoms with Crippen molar-refractivity contribution >= 4 is 43.2 Å². The van der Waals surface area contributed by atoms with Crippen molar-refractivity contribution in [1.29, 1.82) is 0 Å². The minimum absolute atomic E-state index is 0.0480. The highest BCUT2D eigenvalue weighted by molar-refractivity contribution is 9.10. The van der Waals surface area contributed by atoms with Crippen LogP contribution < -0.4 is 10.5 Å². The summed E-state index contributed by atoms with van der Waals surface area (Å²) in [4.78, 5) is -0.533. The third kappa shape index (κ3) is 3.84. The smallest absolute Gasteiger partial charge is 0.243 e. The molecule has 0 aliphatic heterocycles. The maximum atomic E-state index is 14.0. The molecule has 0 heterocycles. The van der Waals surface area contributed by atoms with E-state index in [4.69, 9.17) is 17.3 Å². The summed E-state index contributed by atoms with van der Waals surface area (Å²) >= 11 is 8.83. The quantitative estimate of drug-likeness (QED) is 0.579. The molecule has 1 aromatic rings. The summed E-state index contributed by atoms with van der Waals surface area (Å²) in [5.41, 5.74) is 5.17. The van der Waals surface area contributed by atoms with Crippen molar-refractivity contribution < 1.29 is 12.8 Å². The molecule has 8 heteroatoms. The van der Waals surface area contributed by atoms with Crippen LogP contribution in [0.4, 0.5) is 10.1 Å². The van der Waals surface area contributed by atoms with Gasteiger partial charge in [-0.3, -0.25) is 0 Å². The number of hydrogen-bond donors (Lipinski definition) is 2. The van der Waals surface area contributed by atoms with E-state index in [0.717, 1.165) is 18.9 Å². The van der Waals surface area contributed by atoms with Crippen molar-refractivity contribution in [2.24, 2.45) is 5.92 Å². The lowest BCUT2D eigenvalue weighted by Gasteiger charge is -2.15. The Kier molecular flexibility index (Phi) is 6.25. The lowest BCUT2D eigenvalue weighted by atomic mass is 10.0. The summed E-state index contributed by atoms with van der Waals surface area (Å²) in [6.45, 7) is 4.19. The van der Waals surface area contributed by atoms with Crippen molar-refractivity contribution in [3.05, 3.63) is 21.4 Å². The number of anilines is 1. The fraction of sp³-hybridized carbons (Fsp3) is 0.500. The summed E-state index contributed by atoms with van der Waals surface area (Å²) < 4.78 is 40.8. The molecule has 114 valence electrons. The van der Waals surface area contributed by atoms with Gasteiger partial charge in [0.2, 0.25) is 10.0 Å². The summed E-state index contributed by atoms with van der Waals surface area (Å²) in [5.74, 6) is -0.797. The van der Waals surface area contributed by atoms with Crippen LogP contribution in [0.3, 0.4) is 0 Å². The molecule has 0 aliphatic carbocycles. The SMILES string of the molecule is CCC(CC)CNS(=O)(=O)c1cc(Cl)c(Br)c(N)c1F. The van der Waals surface area contributed by atoms with Crippen molar-refractivity contribution in [1.82, 2.24) is 4.72 Å². The summed E-state index contributed by atoms with van der Waals surface area (Å²) in [5, 5.41) is 0.0480. The molecule has 0 radical (unpaired) electrons. The van der Waals surface area contributed by atoms with Gasteiger partial charge >= 0.3 is 0 Å². The van der Waals surface area contributed by atoms with Gasteiger partial charge in [-0.1, -0.05) is 38.3 Å². The molecule has 0 saturated carbocycles. The van der Waals surface area contributed by atoms with E-state index >= 15 is 0 Å². The lowest BCUT2D eigenvalue weighted by Crippen LogP contribution is -2.30. The molecule has 0 saturated heterocycles. The predicted molar refractivity (Wildman–Crippen MR) is 82.8 cm³/mol. The largest absolute Gasteiger partial charge is 0.395 e. The molecule has 0 unspecified atom stereocenters. The molecule has 1 aromatic carbocycles. The molecule has 0 atom stereocenters. The van der Waals surface area contributed by atoms with Crippen LogP contribution >= 0.6 is 27.5 Å². The van der Waals surface area contributed by atoms with Gasteiger partial charge in [-0.25, -0.2) is 17.5 Å². The van der Waals surface area contributed by atoms with E-state index < -0.39 is 20.7 Å². The van der Waals surface area contributed by atoms with E-state index in [-0.39, 0.29) is 27.6 Å². The van der Waals surface area contributed by atoms with E-state index in [1.807, 2.05) is 13.8 Å². The van der Waals surface area contributed by atoms with E-state index in [2.05, 4.69) is 20.7 Å². The zero-order valence-corrected chi connectivity index (χ0v) is 14.4. The third-order valence-corrected chi connectivity index (χ3v) is 5.97. The number of sulfonamides is 1. The zero-order chi connectivity index (χ0) is 15.5. The average molecular weight is 388 g/mol. The monoisotopic (exact) mass is 386 g/mol. The molecule has 20 heavy (non-hydrogen) atoms. The Morgan fingerprint density at radius 1 is 1.45 bits per heavy atom. The van der Waals surface area contributed by atoms with Crippen molar-refractivity contribution in [3.63, 3.8) is 0 Å². The Balaban J connectivity index is 3.11. The minimum atomic E-state index is -3.98. The third-order valence-electron chi connectivity index (χ3n) is 3.16. The first-order chi connectivity index (χ1) is 9.24. The van der Waals surface area contributed by atoms with Gasteiger partial charge in [-0.2, -0.15) is 0 Å². The second-order valence-corrected chi connectivity index (χ2v) is 7.37.